The second-order valence-electron chi connectivity index (χ2n) is 38.9. The normalized spacial score (nSPS) is 12.7. The van der Waals surface area contributed by atoms with Crippen LogP contribution in [0.15, 0.2) is 376 Å². The Hall–Kier alpha value is -15.6. The van der Waals surface area contributed by atoms with Gasteiger partial charge in [-0.25, -0.2) is 0 Å². The highest BCUT2D eigenvalue weighted by molar-refractivity contribution is 6.35. The first-order valence-corrected chi connectivity index (χ1v) is 46.0. The summed E-state index contributed by atoms with van der Waals surface area (Å²) in [6.45, 7) is 22.9. The first-order valence-electron chi connectivity index (χ1n) is 46.0. The van der Waals surface area contributed by atoms with Crippen LogP contribution in [0.1, 0.15) is 103 Å². The Balaban J connectivity index is 0.739. The number of fused-ring (bicyclic) bond motifs is 24. The molecular formula is C122H94N8. The summed E-state index contributed by atoms with van der Waals surface area (Å²) in [6, 6.07) is 143. The van der Waals surface area contributed by atoms with Crippen LogP contribution in [0.5, 0.6) is 0 Å². The van der Waals surface area contributed by atoms with E-state index in [1.165, 1.54) is 175 Å². The minimum atomic E-state index is -0.0183. The zero-order valence-electron chi connectivity index (χ0n) is 74.5. The summed E-state index contributed by atoms with van der Waals surface area (Å²) in [5.41, 5.74) is 35.1. The highest BCUT2D eigenvalue weighted by atomic mass is 15.2. The molecule has 0 radical (unpaired) electrons. The molecule has 18 aromatic carbocycles. The van der Waals surface area contributed by atoms with Gasteiger partial charge in [0, 0.05) is 154 Å². The topological polar surface area (TPSA) is 30.6 Å². The molecular weight excluding hydrogens is 1580 g/mol. The molecule has 0 spiro atoms. The lowest BCUT2D eigenvalue weighted by Gasteiger charge is -2.27. The van der Waals surface area contributed by atoms with E-state index in [-0.39, 0.29) is 10.8 Å². The Kier molecular flexibility index (Phi) is 16.3. The molecule has 0 saturated carbocycles. The molecule has 0 atom stereocenters. The summed E-state index contributed by atoms with van der Waals surface area (Å²) < 4.78 is 10.5. The monoisotopic (exact) mass is 1670 g/mol. The van der Waals surface area contributed by atoms with Crippen LogP contribution in [0.2, 0.25) is 0 Å². The van der Waals surface area contributed by atoms with Crippen molar-refractivity contribution in [3.8, 4) is 11.1 Å². The third-order valence-electron chi connectivity index (χ3n) is 28.7. The standard InChI is InChI=1S/C122H94N8/c1-73(2)75-37-45-83(46-38-75)123(79-25-15-11-16-26-79)87-53-57-91-95-33-23-35-97-103-69-113-105(71-111(103)127(117(95)97)107(91)65-87)99-63-61-93(115-101-59-55-89(67-109(101)129(113)119(99)115)124(80-27-17-12-18-28-80)84-47-39-76(40-48-84)74(3)4)94-62-64-100-106-72-112-104(70-114(106)130-110-68-90(56-60-102(110)116(94)120(100)130)126(82-31-21-14-22-32-82)86-51-43-78(44-52-86)122(8,9)10)98-36-24-34-96-92-58-54-88(66-108(92)128(112)118(96)98)125(81-29-19-13-20-30-81)85-49-41-77(42-50-85)121(5,6)7/h11-74H,1-10H3. The van der Waals surface area contributed by atoms with E-state index < -0.39 is 0 Å². The third kappa shape index (κ3) is 11.1. The van der Waals surface area contributed by atoms with Crippen molar-refractivity contribution >= 4 is 221 Å². The van der Waals surface area contributed by atoms with E-state index >= 15 is 0 Å². The van der Waals surface area contributed by atoms with Gasteiger partial charge in [-0.1, -0.05) is 275 Å². The maximum atomic E-state index is 2.65. The van der Waals surface area contributed by atoms with Crippen molar-refractivity contribution in [2.45, 2.75) is 91.9 Å². The lowest BCUT2D eigenvalue weighted by Crippen LogP contribution is -2.13. The lowest BCUT2D eigenvalue weighted by molar-refractivity contribution is 0.590. The maximum Gasteiger partial charge on any atom is 0.0626 e. The number of para-hydroxylation sites is 6. The summed E-state index contributed by atoms with van der Waals surface area (Å²) in [7, 11) is 0. The maximum absolute atomic E-state index is 2.65. The van der Waals surface area contributed by atoms with Crippen LogP contribution in [-0.2, 0) is 10.8 Å². The van der Waals surface area contributed by atoms with E-state index in [0.717, 1.165) is 79.3 Å². The molecule has 0 fully saturated rings. The van der Waals surface area contributed by atoms with Crippen LogP contribution in [0.4, 0.5) is 68.2 Å². The zero-order chi connectivity index (χ0) is 87.2. The fraction of sp³-hybridized carbons (Fsp3) is 0.115. The average molecular weight is 1670 g/mol. The molecule has 0 aliphatic rings. The van der Waals surface area contributed by atoms with Gasteiger partial charge in [-0.3, -0.25) is 0 Å². The number of hydrogen-bond donors (Lipinski definition) is 0. The SMILES string of the molecule is CC(C)c1ccc(N(c2ccccc2)c2ccc3c4cccc5c6cc7c(cc6n(c3c2)c45)c2ccc(-c3ccc4c5cc6c(cc5n5c8cc(N(c9ccccc9)c9ccc(C(C)(C)C)cc9)ccc8c3c45)c3cccc4c5ccc(N(c8ccccc8)c8ccc(C(C)(C)C)cc8)cc5n6c43)c3c4ccc(N(c5ccccc5)c5ccc(C(C)C)cc5)cc4n7c23)cc1. The van der Waals surface area contributed by atoms with Crippen molar-refractivity contribution in [2.24, 2.45) is 0 Å². The van der Waals surface area contributed by atoms with Crippen molar-refractivity contribution in [3.05, 3.63) is 398 Å². The van der Waals surface area contributed by atoms with E-state index in [1.807, 2.05) is 0 Å². The molecule has 8 heteroatoms. The molecule has 130 heavy (non-hydrogen) atoms. The van der Waals surface area contributed by atoms with Crippen molar-refractivity contribution in [3.63, 3.8) is 0 Å². The van der Waals surface area contributed by atoms with E-state index in [2.05, 4.69) is 483 Å². The van der Waals surface area contributed by atoms with Crippen molar-refractivity contribution in [2.75, 3.05) is 19.6 Å². The Morgan fingerprint density at radius 2 is 0.408 bits per heavy atom. The molecule has 0 aliphatic heterocycles. The highest BCUT2D eigenvalue weighted by Crippen LogP contribution is 2.55. The second kappa shape index (κ2) is 27.9. The smallest absolute Gasteiger partial charge is 0.0626 e. The number of nitrogens with zero attached hydrogens (tertiary/aromatic N) is 8. The summed E-state index contributed by atoms with van der Waals surface area (Å²) in [5, 5.41) is 19.6. The molecule has 8 heterocycles. The van der Waals surface area contributed by atoms with E-state index in [1.54, 1.807) is 0 Å². The number of hydrogen-bond acceptors (Lipinski definition) is 4. The van der Waals surface area contributed by atoms with Crippen LogP contribution in [0.3, 0.4) is 0 Å². The van der Waals surface area contributed by atoms with Gasteiger partial charge in [-0.2, -0.15) is 0 Å². The van der Waals surface area contributed by atoms with Crippen molar-refractivity contribution in [1.82, 2.24) is 17.6 Å². The molecule has 0 unspecified atom stereocenters. The van der Waals surface area contributed by atoms with Gasteiger partial charge in [0.25, 0.3) is 0 Å². The predicted molar refractivity (Wildman–Crippen MR) is 555 cm³/mol. The quantitative estimate of drug-likeness (QED) is 0.102. The number of rotatable bonds is 15. The molecule has 8 aromatic heterocycles. The number of benzene rings is 18. The minimum absolute atomic E-state index is 0.0150. The summed E-state index contributed by atoms with van der Waals surface area (Å²) in [5.74, 6) is 0.811. The van der Waals surface area contributed by atoms with Gasteiger partial charge in [-0.15, -0.1) is 0 Å². The fourth-order valence-corrected chi connectivity index (χ4v) is 22.3. The van der Waals surface area contributed by atoms with Crippen molar-refractivity contribution < 1.29 is 0 Å². The summed E-state index contributed by atoms with van der Waals surface area (Å²) in [4.78, 5) is 9.73. The third-order valence-corrected chi connectivity index (χ3v) is 28.7. The van der Waals surface area contributed by atoms with E-state index in [0.29, 0.717) is 11.8 Å². The van der Waals surface area contributed by atoms with Crippen LogP contribution in [0.25, 0.3) is 164 Å². The molecule has 622 valence electrons. The van der Waals surface area contributed by atoms with Gasteiger partial charge in [0.2, 0.25) is 0 Å². The lowest BCUT2D eigenvalue weighted by atomic mass is 9.87. The Morgan fingerprint density at radius 1 is 0.185 bits per heavy atom. The highest BCUT2D eigenvalue weighted by Gasteiger charge is 2.32. The first-order chi connectivity index (χ1) is 63.4. The van der Waals surface area contributed by atoms with Gasteiger partial charge in [0.15, 0.2) is 0 Å². The van der Waals surface area contributed by atoms with Crippen molar-refractivity contribution in [1.29, 1.82) is 0 Å². The molecule has 8 nitrogen and oxygen atoms in total. The molecule has 26 aromatic rings. The molecule has 0 aliphatic carbocycles. The van der Waals surface area contributed by atoms with Crippen LogP contribution >= 0.6 is 0 Å². The van der Waals surface area contributed by atoms with E-state index in [9.17, 15) is 0 Å². The van der Waals surface area contributed by atoms with Gasteiger partial charge < -0.3 is 37.2 Å². The minimum Gasteiger partial charge on any atom is -0.310 e. The number of aromatic nitrogens is 4. The molecule has 0 N–H and O–H groups in total. The van der Waals surface area contributed by atoms with Gasteiger partial charge in [-0.05, 0) is 226 Å². The Bertz CT molecular complexity index is 9010. The summed E-state index contributed by atoms with van der Waals surface area (Å²) in [6.07, 6.45) is 0. The van der Waals surface area contributed by atoms with Crippen LogP contribution in [-0.4, -0.2) is 17.6 Å². The van der Waals surface area contributed by atoms with E-state index in [4.69, 9.17) is 0 Å². The fourth-order valence-electron chi connectivity index (χ4n) is 22.3. The molecule has 0 amide bonds. The predicted octanol–water partition coefficient (Wildman–Crippen LogP) is 34.7. The average Bonchev–Trinajstić information content (AvgIpc) is 1.51. The van der Waals surface area contributed by atoms with Gasteiger partial charge in [0.05, 0.1) is 66.2 Å². The Labute approximate surface area is 754 Å². The largest absolute Gasteiger partial charge is 0.310 e. The summed E-state index contributed by atoms with van der Waals surface area (Å²) >= 11 is 0. The Morgan fingerprint density at radius 3 is 0.692 bits per heavy atom. The zero-order valence-corrected chi connectivity index (χ0v) is 74.5. The molecule has 0 saturated heterocycles. The molecule has 0 bridgehead atoms. The molecule has 26 rings (SSSR count). The van der Waals surface area contributed by atoms with Crippen LogP contribution < -0.4 is 19.6 Å². The van der Waals surface area contributed by atoms with Gasteiger partial charge >= 0.3 is 0 Å². The number of anilines is 12. The second-order valence-corrected chi connectivity index (χ2v) is 38.9. The van der Waals surface area contributed by atoms with Gasteiger partial charge in [0.1, 0.15) is 0 Å². The van der Waals surface area contributed by atoms with Crippen LogP contribution in [0, 0.1) is 0 Å². The first kappa shape index (κ1) is 75.7.